The molecule has 2 aliphatic rings. The summed E-state index contributed by atoms with van der Waals surface area (Å²) in [7, 11) is 1.62. The first kappa shape index (κ1) is 41.7. The van der Waals surface area contributed by atoms with Crippen LogP contribution in [0, 0.1) is 23.5 Å². The molecule has 35 heavy (non-hydrogen) atoms. The predicted octanol–water partition coefficient (Wildman–Crippen LogP) is 6.94. The van der Waals surface area contributed by atoms with Crippen LogP contribution in [0.2, 0.25) is 0 Å². The molecular weight excluding hydrogens is 664 g/mol. The van der Waals surface area contributed by atoms with Gasteiger partial charge in [-0.25, -0.2) is 8.78 Å². The molecule has 2 N–H and O–H groups in total. The molecule has 0 spiro atoms. The van der Waals surface area contributed by atoms with Crippen molar-refractivity contribution in [3.05, 3.63) is 68.1 Å². The van der Waals surface area contributed by atoms with Crippen LogP contribution in [0.25, 0.3) is 0 Å². The molecule has 2 fully saturated rings. The van der Waals surface area contributed by atoms with Gasteiger partial charge in [-0.15, -0.1) is 0 Å². The van der Waals surface area contributed by atoms with E-state index < -0.39 is 5.97 Å². The van der Waals surface area contributed by atoms with E-state index in [0.717, 1.165) is 17.5 Å². The molecule has 0 aromatic heterocycles. The molecule has 0 unspecified atom stereocenters. The Morgan fingerprint density at radius 2 is 1.20 bits per heavy atom. The first-order chi connectivity index (χ1) is 13.7. The fourth-order valence-corrected chi connectivity index (χ4v) is 3.85. The third kappa shape index (κ3) is 10.9. The number of aliphatic carboxylic acids is 1. The zero-order valence-electron chi connectivity index (χ0n) is 17.5. The van der Waals surface area contributed by atoms with Gasteiger partial charge in [0.05, 0.1) is 14.9 Å². The number of nitrogens with one attached hydrogen (secondary N) is 1. The van der Waals surface area contributed by atoms with Crippen molar-refractivity contribution in [1.29, 1.82) is 0 Å². The largest absolute Gasteiger partial charge is 0.481 e. The van der Waals surface area contributed by atoms with E-state index in [4.69, 9.17) is 5.11 Å². The first-order valence-electron chi connectivity index (χ1n) is 9.07. The molecule has 2 aromatic rings. The summed E-state index contributed by atoms with van der Waals surface area (Å²) in [5, 5.41) is 11.3. The SMILES string of the molecule is C.C.CNC(=O)[C@H]1C[C@@H]1c1ccc(Br)c(F)c1.O=C(O)[C@H]1C[C@@H]1c1ccc(Br)c(F)c1.S.S.S.S. The van der Waals surface area contributed by atoms with Gasteiger partial charge < -0.3 is 10.4 Å². The summed E-state index contributed by atoms with van der Waals surface area (Å²) in [4.78, 5) is 21.9. The van der Waals surface area contributed by atoms with Crippen LogP contribution in [0.1, 0.15) is 50.7 Å². The minimum Gasteiger partial charge on any atom is -0.481 e. The third-order valence-corrected chi connectivity index (χ3v) is 6.51. The Balaban J connectivity index is -0.000000235. The summed E-state index contributed by atoms with van der Waals surface area (Å²) in [6.45, 7) is 0. The number of carbonyl (C=O) groups is 2. The Morgan fingerprint density at radius 1 is 0.829 bits per heavy atom. The number of hydrogen-bond donors (Lipinski definition) is 2. The van der Waals surface area contributed by atoms with Crippen LogP contribution in [0.4, 0.5) is 8.78 Å². The van der Waals surface area contributed by atoms with E-state index in [2.05, 4.69) is 37.2 Å². The highest BCUT2D eigenvalue weighted by Crippen LogP contribution is 2.48. The highest BCUT2D eigenvalue weighted by molar-refractivity contribution is 9.10. The highest BCUT2D eigenvalue weighted by Gasteiger charge is 2.44. The lowest BCUT2D eigenvalue weighted by atomic mass is 10.1. The second kappa shape index (κ2) is 18.0. The molecule has 2 aliphatic carbocycles. The summed E-state index contributed by atoms with van der Waals surface area (Å²) < 4.78 is 27.2. The Bertz CT molecular complexity index is 972. The van der Waals surface area contributed by atoms with Crippen LogP contribution >= 0.6 is 85.8 Å². The van der Waals surface area contributed by atoms with Gasteiger partial charge in [0.25, 0.3) is 0 Å². The number of rotatable bonds is 4. The number of benzene rings is 2. The Morgan fingerprint density at radius 3 is 1.51 bits per heavy atom. The van der Waals surface area contributed by atoms with Crippen LogP contribution in [0.5, 0.6) is 0 Å². The molecule has 0 aliphatic heterocycles. The standard InChI is InChI=1S/C11H11BrFNO.C10H8BrFO2.2CH4.4H2S/c1-14-11(15)8-5-7(8)6-2-3-9(12)10(13)4-6;11-8-2-1-5(3-9(8)12)6-4-7(6)10(13)14;;;;;;/h2-4,7-8H,5H2,1H3,(H,14,15);1-3,6-7H,4H2,(H,13,14);2*1H4;4*1H2/t7-,8+;6-,7+;;;;;;/m11....../s1. The third-order valence-electron chi connectivity index (χ3n) is 5.22. The molecular formula is C23H35Br2F2NO3S4. The maximum atomic E-state index is 13.2. The number of carboxylic acids is 1. The van der Waals surface area contributed by atoms with Gasteiger partial charge in [0, 0.05) is 13.0 Å². The van der Waals surface area contributed by atoms with E-state index in [9.17, 15) is 18.4 Å². The lowest BCUT2D eigenvalue weighted by molar-refractivity contribution is -0.138. The zero-order valence-corrected chi connectivity index (χ0v) is 24.6. The van der Waals surface area contributed by atoms with E-state index in [0.29, 0.717) is 15.4 Å². The van der Waals surface area contributed by atoms with Crippen molar-refractivity contribution in [1.82, 2.24) is 5.32 Å². The summed E-state index contributed by atoms with van der Waals surface area (Å²) in [5.74, 6) is -1.47. The normalized spacial score (nSPS) is 20.0. The topological polar surface area (TPSA) is 66.4 Å². The van der Waals surface area contributed by atoms with Crippen molar-refractivity contribution < 1.29 is 23.5 Å². The second-order valence-electron chi connectivity index (χ2n) is 7.20. The lowest BCUT2D eigenvalue weighted by Gasteiger charge is -2.01. The Hall–Kier alpha value is -0.400. The average molecular weight is 700 g/mol. The molecule has 202 valence electrons. The Kier molecular flexibility index (Phi) is 21.4. The summed E-state index contributed by atoms with van der Waals surface area (Å²) in [5.41, 5.74) is 1.68. The maximum Gasteiger partial charge on any atom is 0.307 e. The molecule has 12 heteroatoms. The molecule has 4 rings (SSSR count). The number of hydrogen-bond acceptors (Lipinski definition) is 2. The minimum absolute atomic E-state index is 0. The monoisotopic (exact) mass is 697 g/mol. The molecule has 0 radical (unpaired) electrons. The van der Waals surface area contributed by atoms with Gasteiger partial charge in [-0.3, -0.25) is 9.59 Å². The fourth-order valence-electron chi connectivity index (χ4n) is 3.36. The lowest BCUT2D eigenvalue weighted by Crippen LogP contribution is -2.20. The van der Waals surface area contributed by atoms with E-state index >= 15 is 0 Å². The van der Waals surface area contributed by atoms with Gasteiger partial charge in [0.1, 0.15) is 11.6 Å². The quantitative estimate of drug-likeness (QED) is 0.364. The van der Waals surface area contributed by atoms with Crippen molar-refractivity contribution in [2.75, 3.05) is 7.05 Å². The van der Waals surface area contributed by atoms with Crippen LogP contribution < -0.4 is 5.32 Å². The van der Waals surface area contributed by atoms with Gasteiger partial charge >= 0.3 is 5.97 Å². The summed E-state index contributed by atoms with van der Waals surface area (Å²) >= 11 is 6.15. The smallest absolute Gasteiger partial charge is 0.307 e. The van der Waals surface area contributed by atoms with E-state index in [1.807, 2.05) is 6.07 Å². The van der Waals surface area contributed by atoms with Crippen LogP contribution in [0.3, 0.4) is 0 Å². The number of halogens is 4. The zero-order chi connectivity index (χ0) is 21.3. The minimum atomic E-state index is -0.793. The van der Waals surface area contributed by atoms with Gasteiger partial charge in [-0.1, -0.05) is 27.0 Å². The van der Waals surface area contributed by atoms with Crippen molar-refractivity contribution in [2.24, 2.45) is 11.8 Å². The van der Waals surface area contributed by atoms with Crippen molar-refractivity contribution >= 4 is 97.7 Å². The molecule has 2 aromatic carbocycles. The molecule has 4 nitrogen and oxygen atoms in total. The summed E-state index contributed by atoms with van der Waals surface area (Å²) in [6.07, 6.45) is 1.44. The van der Waals surface area contributed by atoms with E-state index in [-0.39, 0.29) is 110 Å². The van der Waals surface area contributed by atoms with Crippen LogP contribution in [-0.2, 0) is 9.59 Å². The molecule has 0 bridgehead atoms. The highest BCUT2D eigenvalue weighted by atomic mass is 79.9. The summed E-state index contributed by atoms with van der Waals surface area (Å²) in [6, 6.07) is 9.82. The van der Waals surface area contributed by atoms with Crippen molar-refractivity contribution in [3.8, 4) is 0 Å². The van der Waals surface area contributed by atoms with Crippen LogP contribution in [0.15, 0.2) is 45.3 Å². The first-order valence-corrected chi connectivity index (χ1v) is 10.7. The van der Waals surface area contributed by atoms with E-state index in [1.165, 1.54) is 12.1 Å². The second-order valence-corrected chi connectivity index (χ2v) is 8.91. The van der Waals surface area contributed by atoms with Gasteiger partial charge in [-0.05, 0) is 91.9 Å². The molecule has 1 amide bonds. The number of amides is 1. The van der Waals surface area contributed by atoms with Gasteiger partial charge in [0.15, 0.2) is 0 Å². The molecule has 0 saturated heterocycles. The number of carboxylic acid groups (broad SMARTS) is 1. The van der Waals surface area contributed by atoms with Gasteiger partial charge in [0.2, 0.25) is 5.91 Å². The molecule has 4 atom stereocenters. The molecule has 0 heterocycles. The van der Waals surface area contributed by atoms with Crippen molar-refractivity contribution in [2.45, 2.75) is 39.5 Å². The molecule has 2 saturated carbocycles. The van der Waals surface area contributed by atoms with Crippen LogP contribution in [-0.4, -0.2) is 24.0 Å². The van der Waals surface area contributed by atoms with Gasteiger partial charge in [-0.2, -0.15) is 54.0 Å². The number of carbonyl (C=O) groups excluding carboxylic acids is 1. The average Bonchev–Trinajstić information content (AvgIpc) is 3.59. The predicted molar refractivity (Wildman–Crippen MR) is 167 cm³/mol. The maximum absolute atomic E-state index is 13.2. The Labute approximate surface area is 251 Å². The van der Waals surface area contributed by atoms with E-state index in [1.54, 1.807) is 25.2 Å². The van der Waals surface area contributed by atoms with Crippen molar-refractivity contribution in [3.63, 3.8) is 0 Å². The fraction of sp³-hybridized carbons (Fsp3) is 0.391.